The zero-order valence-electron chi connectivity index (χ0n) is 32.9. The normalized spacial score (nSPS) is 38.7. The standard InChI is InChI=1S/C42H60N2O5.C3H6/c1-38(2)29(27-10-12-28(13-11-27)36(46)47)16-20-39(3)33(38)17-21-41(5)34(39)15-14-30-31-8-6-19-42(31,23-22-40(30,41)4)26-43-24-18-35(45)44-25-7-9-32(44)37(48)49;1-3-2/h10-13,16,30-34,43H,6-9,14-15,17-26H2,1-5H3,(H,46,47)(H,48,49);3H,1H2,2H3/t30?,31?,32?,33?,34?,39?,40-,41?,42?;/m1./s1. The molecule has 4 saturated carbocycles. The second kappa shape index (κ2) is 14.4. The van der Waals surface area contributed by atoms with Crippen LogP contribution in [0.25, 0.3) is 5.57 Å². The lowest BCUT2D eigenvalue weighted by molar-refractivity contribution is -0.222. The van der Waals surface area contributed by atoms with Gasteiger partial charge >= 0.3 is 11.9 Å². The van der Waals surface area contributed by atoms with Crippen molar-refractivity contribution in [3.8, 4) is 0 Å². The molecule has 8 unspecified atom stereocenters. The Morgan fingerprint density at radius 1 is 0.865 bits per heavy atom. The molecule has 1 aliphatic heterocycles. The lowest BCUT2D eigenvalue weighted by Crippen LogP contribution is -2.65. The first-order chi connectivity index (χ1) is 24.6. The van der Waals surface area contributed by atoms with Gasteiger partial charge in [0.25, 0.3) is 0 Å². The zero-order chi connectivity index (χ0) is 37.7. The predicted molar refractivity (Wildman–Crippen MR) is 208 cm³/mol. The number of carbonyl (C=O) groups is 3. The summed E-state index contributed by atoms with van der Waals surface area (Å²) in [5.41, 5.74) is 4.10. The van der Waals surface area contributed by atoms with Crippen LogP contribution in [0.15, 0.2) is 43.0 Å². The van der Waals surface area contributed by atoms with Crippen molar-refractivity contribution in [1.29, 1.82) is 0 Å². The van der Waals surface area contributed by atoms with E-state index in [1.54, 1.807) is 23.1 Å². The maximum absolute atomic E-state index is 12.9. The number of aliphatic carboxylic acids is 1. The van der Waals surface area contributed by atoms with Gasteiger partial charge in [-0.3, -0.25) is 4.79 Å². The molecule has 3 N–H and O–H groups in total. The number of nitrogens with zero attached hydrogens (tertiary/aromatic N) is 1. The molecule has 1 saturated heterocycles. The minimum Gasteiger partial charge on any atom is -0.480 e. The summed E-state index contributed by atoms with van der Waals surface area (Å²) in [6.07, 6.45) is 18.7. The highest BCUT2D eigenvalue weighted by molar-refractivity contribution is 5.88. The van der Waals surface area contributed by atoms with Gasteiger partial charge < -0.3 is 20.4 Å². The van der Waals surface area contributed by atoms with Crippen LogP contribution >= 0.6 is 0 Å². The fourth-order valence-corrected chi connectivity index (χ4v) is 13.9. The van der Waals surface area contributed by atoms with E-state index < -0.39 is 18.0 Å². The smallest absolute Gasteiger partial charge is 0.335 e. The molecule has 1 heterocycles. The van der Waals surface area contributed by atoms with Gasteiger partial charge in [0.1, 0.15) is 6.04 Å². The molecule has 0 radical (unpaired) electrons. The molecule has 0 aromatic heterocycles. The minimum atomic E-state index is -0.874. The molecule has 1 aromatic carbocycles. The largest absolute Gasteiger partial charge is 0.480 e. The molecule has 1 aromatic rings. The quantitative estimate of drug-likeness (QED) is 0.183. The van der Waals surface area contributed by atoms with Crippen LogP contribution in [0.3, 0.4) is 0 Å². The van der Waals surface area contributed by atoms with Crippen molar-refractivity contribution in [2.45, 2.75) is 131 Å². The number of hydrogen-bond acceptors (Lipinski definition) is 4. The average molecular weight is 715 g/mol. The van der Waals surface area contributed by atoms with Crippen LogP contribution in [0.5, 0.6) is 0 Å². The van der Waals surface area contributed by atoms with Crippen LogP contribution in [0.2, 0.25) is 0 Å². The van der Waals surface area contributed by atoms with Crippen molar-refractivity contribution in [3.63, 3.8) is 0 Å². The van der Waals surface area contributed by atoms with Gasteiger partial charge in [-0.2, -0.15) is 0 Å². The Morgan fingerprint density at radius 2 is 1.58 bits per heavy atom. The van der Waals surface area contributed by atoms with E-state index >= 15 is 0 Å². The first-order valence-corrected chi connectivity index (χ1v) is 20.4. The van der Waals surface area contributed by atoms with Crippen molar-refractivity contribution in [2.24, 2.45) is 50.7 Å². The van der Waals surface area contributed by atoms with E-state index in [1.165, 1.54) is 68.9 Å². The van der Waals surface area contributed by atoms with Crippen LogP contribution in [0.1, 0.15) is 141 Å². The first kappa shape index (κ1) is 38.8. The summed E-state index contributed by atoms with van der Waals surface area (Å²) in [6, 6.07) is 6.91. The van der Waals surface area contributed by atoms with Crippen molar-refractivity contribution in [1.82, 2.24) is 10.2 Å². The Morgan fingerprint density at radius 3 is 2.25 bits per heavy atom. The summed E-state index contributed by atoms with van der Waals surface area (Å²) in [4.78, 5) is 37.6. The van der Waals surface area contributed by atoms with Crippen LogP contribution in [-0.2, 0) is 9.59 Å². The van der Waals surface area contributed by atoms with E-state index in [1.807, 2.05) is 19.1 Å². The van der Waals surface area contributed by atoms with Crippen molar-refractivity contribution >= 4 is 23.4 Å². The predicted octanol–water partition coefficient (Wildman–Crippen LogP) is 9.48. The number of hydrogen-bond donors (Lipinski definition) is 3. The van der Waals surface area contributed by atoms with E-state index in [2.05, 4.69) is 52.6 Å². The molecule has 0 bridgehead atoms. The highest BCUT2D eigenvalue weighted by Gasteiger charge is 2.69. The number of benzene rings is 1. The number of rotatable bonds is 8. The molecule has 0 spiro atoms. The van der Waals surface area contributed by atoms with Crippen LogP contribution in [0, 0.1) is 50.7 Å². The Kier molecular flexibility index (Phi) is 10.7. The second-order valence-corrected chi connectivity index (χ2v) is 18.9. The Bertz CT molecular complexity index is 1570. The van der Waals surface area contributed by atoms with Gasteiger partial charge in [-0.1, -0.05) is 65.3 Å². The van der Waals surface area contributed by atoms with Crippen LogP contribution in [0.4, 0.5) is 0 Å². The summed E-state index contributed by atoms with van der Waals surface area (Å²) in [5, 5.41) is 22.7. The second-order valence-electron chi connectivity index (χ2n) is 18.9. The van der Waals surface area contributed by atoms with Crippen LogP contribution in [-0.4, -0.2) is 58.6 Å². The average Bonchev–Trinajstić information content (AvgIpc) is 3.76. The number of allylic oxidation sites excluding steroid dienone is 3. The van der Waals surface area contributed by atoms with Gasteiger partial charge in [-0.25, -0.2) is 9.59 Å². The van der Waals surface area contributed by atoms with E-state index in [-0.39, 0.29) is 16.7 Å². The highest BCUT2D eigenvalue weighted by Crippen LogP contribution is 2.77. The third-order valence-corrected chi connectivity index (χ3v) is 16.4. The molecule has 7 heteroatoms. The number of amides is 1. The molecule has 1 amide bonds. The lowest BCUT2D eigenvalue weighted by Gasteiger charge is -2.72. The van der Waals surface area contributed by atoms with Gasteiger partial charge in [0, 0.05) is 26.1 Å². The summed E-state index contributed by atoms with van der Waals surface area (Å²) >= 11 is 0. The van der Waals surface area contributed by atoms with E-state index in [9.17, 15) is 24.6 Å². The number of nitrogens with one attached hydrogen (secondary N) is 1. The van der Waals surface area contributed by atoms with E-state index in [4.69, 9.17) is 0 Å². The lowest BCUT2D eigenvalue weighted by atomic mass is 9.32. The molecule has 286 valence electrons. The maximum Gasteiger partial charge on any atom is 0.335 e. The monoisotopic (exact) mass is 714 g/mol. The van der Waals surface area contributed by atoms with Gasteiger partial charge in [0.15, 0.2) is 0 Å². The molecule has 52 heavy (non-hydrogen) atoms. The third kappa shape index (κ3) is 6.19. The van der Waals surface area contributed by atoms with Crippen molar-refractivity contribution < 1.29 is 24.6 Å². The molecular weight excluding hydrogens is 649 g/mol. The summed E-state index contributed by atoms with van der Waals surface area (Å²) < 4.78 is 0. The molecule has 7 nitrogen and oxygen atoms in total. The Balaban J connectivity index is 0.00000150. The fourth-order valence-electron chi connectivity index (χ4n) is 13.9. The highest BCUT2D eigenvalue weighted by atomic mass is 16.4. The van der Waals surface area contributed by atoms with E-state index in [0.717, 1.165) is 31.2 Å². The number of fused-ring (bicyclic) bond motifs is 7. The number of likely N-dealkylation sites (tertiary alicyclic amines) is 1. The Hall–Kier alpha value is -2.93. The number of carboxylic acid groups (broad SMARTS) is 2. The zero-order valence-corrected chi connectivity index (χ0v) is 32.9. The minimum absolute atomic E-state index is 0.0142. The molecular formula is C45H66N2O5. The molecule has 7 rings (SSSR count). The van der Waals surface area contributed by atoms with Crippen molar-refractivity contribution in [3.05, 3.63) is 54.1 Å². The third-order valence-electron chi connectivity index (χ3n) is 16.4. The van der Waals surface area contributed by atoms with E-state index in [0.29, 0.717) is 59.6 Å². The fraction of sp³-hybridized carbons (Fsp3) is 0.711. The van der Waals surface area contributed by atoms with Gasteiger partial charge in [0.2, 0.25) is 5.91 Å². The maximum atomic E-state index is 12.9. The SMILES string of the molecule is C=CC.CC1(C)C(c2ccc(C(=O)O)cc2)=CCC2(C)C1CCC1(C)C2CCC2C3CCCC3(CNCCC(=O)N3CCCC3C(=O)O)CC[C@]21C. The summed E-state index contributed by atoms with van der Waals surface area (Å²) in [6.45, 7) is 20.3. The van der Waals surface area contributed by atoms with Gasteiger partial charge in [-0.15, -0.1) is 6.58 Å². The summed E-state index contributed by atoms with van der Waals surface area (Å²) in [7, 11) is 0. The number of carboxylic acids is 2. The molecule has 5 aliphatic carbocycles. The Labute approximate surface area is 313 Å². The van der Waals surface area contributed by atoms with Crippen LogP contribution < -0.4 is 5.32 Å². The topological polar surface area (TPSA) is 107 Å². The van der Waals surface area contributed by atoms with Crippen molar-refractivity contribution in [2.75, 3.05) is 19.6 Å². The molecule has 5 fully saturated rings. The first-order valence-electron chi connectivity index (χ1n) is 20.4. The molecule has 6 aliphatic rings. The number of carbonyl (C=O) groups excluding carboxylic acids is 1. The summed E-state index contributed by atoms with van der Waals surface area (Å²) in [5.74, 6) is 0.978. The molecule has 9 atom stereocenters. The van der Waals surface area contributed by atoms with Gasteiger partial charge in [0.05, 0.1) is 5.56 Å². The number of aromatic carboxylic acids is 1. The van der Waals surface area contributed by atoms with Gasteiger partial charge in [-0.05, 0) is 152 Å².